The SMILES string of the molecule is O=C(Nc1nc2ccccc2n1Cc1ccccc1)C(F)(F)C1(F)OC(F)(F)C(F)(F)C1(F)F. The smallest absolute Gasteiger partial charge is 0.305 e. The summed E-state index contributed by atoms with van der Waals surface area (Å²) in [4.78, 5) is 16.0. The fourth-order valence-electron chi connectivity index (χ4n) is 3.37. The Bertz CT molecular complexity index is 1250. The van der Waals surface area contributed by atoms with E-state index >= 15 is 0 Å². The number of hydrogen-bond acceptors (Lipinski definition) is 3. The standard InChI is InChI=1S/C20H12F9N3O2/c21-16(22,19(27)17(23,24)18(25,26)20(28,29)34-19)14(33)31-15-30-12-8-4-5-9-13(12)32(15)10-11-6-2-1-3-7-11/h1-9H,10H2,(H,30,31,33). The van der Waals surface area contributed by atoms with Gasteiger partial charge in [0.2, 0.25) is 5.95 Å². The van der Waals surface area contributed by atoms with Crippen molar-refractivity contribution in [3.8, 4) is 0 Å². The highest BCUT2D eigenvalue weighted by Gasteiger charge is 2.96. The molecule has 1 aliphatic rings. The number of para-hydroxylation sites is 2. The molecule has 14 heteroatoms. The van der Waals surface area contributed by atoms with E-state index in [1.54, 1.807) is 30.3 Å². The van der Waals surface area contributed by atoms with Gasteiger partial charge >= 0.3 is 35.6 Å². The van der Waals surface area contributed by atoms with E-state index in [-0.39, 0.29) is 17.6 Å². The number of halogens is 9. The molecule has 34 heavy (non-hydrogen) atoms. The van der Waals surface area contributed by atoms with Gasteiger partial charge in [0.15, 0.2) is 0 Å². The maximum atomic E-state index is 14.5. The summed E-state index contributed by atoms with van der Waals surface area (Å²) < 4.78 is 128. The zero-order chi connectivity index (χ0) is 25.2. The highest BCUT2D eigenvalue weighted by atomic mass is 19.4. The Balaban J connectivity index is 1.73. The number of amides is 1. The van der Waals surface area contributed by atoms with E-state index in [0.717, 1.165) is 4.57 Å². The molecule has 182 valence electrons. The number of nitrogens with zero attached hydrogens (tertiary/aromatic N) is 2. The van der Waals surface area contributed by atoms with Gasteiger partial charge in [-0.05, 0) is 17.7 Å². The summed E-state index contributed by atoms with van der Waals surface area (Å²) in [6.07, 6.45) is -6.32. The van der Waals surface area contributed by atoms with Crippen molar-refractivity contribution in [2.45, 2.75) is 36.3 Å². The first kappa shape index (κ1) is 23.9. The third kappa shape index (κ3) is 3.15. The van der Waals surface area contributed by atoms with Gasteiger partial charge in [-0.1, -0.05) is 42.5 Å². The maximum Gasteiger partial charge on any atom is 0.428 e. The molecule has 4 rings (SSSR count). The number of imidazole rings is 1. The van der Waals surface area contributed by atoms with Crippen molar-refractivity contribution < 1.29 is 49.0 Å². The lowest BCUT2D eigenvalue weighted by Crippen LogP contribution is -2.63. The summed E-state index contributed by atoms with van der Waals surface area (Å²) in [5.41, 5.74) is 0.966. The summed E-state index contributed by atoms with van der Waals surface area (Å²) >= 11 is 0. The molecule has 0 bridgehead atoms. The van der Waals surface area contributed by atoms with Crippen LogP contribution in [0.2, 0.25) is 0 Å². The quantitative estimate of drug-likeness (QED) is 0.492. The van der Waals surface area contributed by atoms with E-state index < -0.39 is 41.6 Å². The molecule has 1 aliphatic heterocycles. The Labute approximate surface area is 184 Å². The van der Waals surface area contributed by atoms with E-state index in [1.165, 1.54) is 29.6 Å². The molecule has 0 spiro atoms. The van der Waals surface area contributed by atoms with Crippen LogP contribution < -0.4 is 5.32 Å². The Morgan fingerprint density at radius 1 is 0.912 bits per heavy atom. The zero-order valence-corrected chi connectivity index (χ0v) is 16.5. The number of aromatic nitrogens is 2. The fraction of sp³-hybridized carbons (Fsp3) is 0.300. The number of fused-ring (bicyclic) bond motifs is 1. The molecule has 2 heterocycles. The average molecular weight is 497 g/mol. The molecule has 0 aliphatic carbocycles. The number of hydrogen-bond donors (Lipinski definition) is 1. The van der Waals surface area contributed by atoms with Crippen LogP contribution in [-0.4, -0.2) is 45.2 Å². The predicted molar refractivity (Wildman–Crippen MR) is 98.6 cm³/mol. The molecule has 2 aromatic carbocycles. The molecule has 1 N–H and O–H groups in total. The summed E-state index contributed by atoms with van der Waals surface area (Å²) in [5, 5.41) is 1.37. The van der Waals surface area contributed by atoms with Gasteiger partial charge in [0.25, 0.3) is 0 Å². The molecular weight excluding hydrogens is 485 g/mol. The first-order valence-electron chi connectivity index (χ1n) is 9.37. The topological polar surface area (TPSA) is 56.2 Å². The van der Waals surface area contributed by atoms with Crippen molar-refractivity contribution in [1.82, 2.24) is 9.55 Å². The van der Waals surface area contributed by atoms with E-state index in [4.69, 9.17) is 0 Å². The number of carbonyl (C=O) groups excluding carboxylic acids is 1. The lowest BCUT2D eigenvalue weighted by Gasteiger charge is -2.31. The van der Waals surface area contributed by atoms with Gasteiger partial charge in [-0.3, -0.25) is 14.8 Å². The molecule has 0 saturated carbocycles. The molecule has 1 atom stereocenters. The van der Waals surface area contributed by atoms with Gasteiger partial charge in [0.05, 0.1) is 17.6 Å². The number of carbonyl (C=O) groups is 1. The van der Waals surface area contributed by atoms with Gasteiger partial charge in [-0.15, -0.1) is 0 Å². The highest BCUT2D eigenvalue weighted by molar-refractivity contribution is 5.97. The van der Waals surface area contributed by atoms with Crippen molar-refractivity contribution in [3.05, 3.63) is 60.2 Å². The fourth-order valence-corrected chi connectivity index (χ4v) is 3.37. The molecule has 1 unspecified atom stereocenters. The van der Waals surface area contributed by atoms with Crippen LogP contribution in [0, 0.1) is 0 Å². The van der Waals surface area contributed by atoms with Crippen LogP contribution in [0.1, 0.15) is 5.56 Å². The number of alkyl halides is 9. The Kier molecular flexibility index (Phi) is 5.16. The van der Waals surface area contributed by atoms with Crippen molar-refractivity contribution in [1.29, 1.82) is 0 Å². The van der Waals surface area contributed by atoms with Crippen LogP contribution in [-0.2, 0) is 16.1 Å². The third-order valence-electron chi connectivity index (χ3n) is 5.18. The number of benzene rings is 2. The van der Waals surface area contributed by atoms with E-state index in [9.17, 15) is 44.3 Å². The first-order chi connectivity index (χ1) is 15.7. The van der Waals surface area contributed by atoms with Crippen LogP contribution in [0.15, 0.2) is 54.6 Å². The van der Waals surface area contributed by atoms with E-state index in [0.29, 0.717) is 5.56 Å². The average Bonchev–Trinajstić information content (AvgIpc) is 3.14. The molecule has 1 saturated heterocycles. The van der Waals surface area contributed by atoms with Gasteiger partial charge < -0.3 is 4.57 Å². The van der Waals surface area contributed by atoms with Gasteiger partial charge in [0, 0.05) is 0 Å². The van der Waals surface area contributed by atoms with Crippen molar-refractivity contribution in [2.24, 2.45) is 0 Å². The largest absolute Gasteiger partial charge is 0.428 e. The lowest BCUT2D eigenvalue weighted by molar-refractivity contribution is -0.366. The number of anilines is 1. The molecule has 1 aromatic heterocycles. The minimum absolute atomic E-state index is 0.105. The van der Waals surface area contributed by atoms with Gasteiger partial charge in [-0.25, -0.2) is 4.98 Å². The van der Waals surface area contributed by atoms with Crippen molar-refractivity contribution in [3.63, 3.8) is 0 Å². The predicted octanol–water partition coefficient (Wildman–Crippen LogP) is 5.22. The van der Waals surface area contributed by atoms with Crippen molar-refractivity contribution in [2.75, 3.05) is 5.32 Å². The Hall–Kier alpha value is -3.29. The second-order valence-electron chi connectivity index (χ2n) is 7.39. The van der Waals surface area contributed by atoms with Crippen LogP contribution in [0.3, 0.4) is 0 Å². The minimum Gasteiger partial charge on any atom is -0.305 e. The number of rotatable bonds is 5. The van der Waals surface area contributed by atoms with Crippen molar-refractivity contribution >= 4 is 22.9 Å². The van der Waals surface area contributed by atoms with Crippen LogP contribution >= 0.6 is 0 Å². The van der Waals surface area contributed by atoms with Gasteiger partial charge in [0.1, 0.15) is 0 Å². The molecule has 1 amide bonds. The van der Waals surface area contributed by atoms with Crippen LogP contribution in [0.25, 0.3) is 11.0 Å². The van der Waals surface area contributed by atoms with E-state index in [2.05, 4.69) is 9.72 Å². The summed E-state index contributed by atoms with van der Waals surface area (Å²) in [6.45, 7) is -0.105. The monoisotopic (exact) mass is 497 g/mol. The first-order valence-corrected chi connectivity index (χ1v) is 9.37. The summed E-state index contributed by atoms with van der Waals surface area (Å²) in [6, 6.07) is 14.1. The molecule has 0 radical (unpaired) electrons. The van der Waals surface area contributed by atoms with Crippen LogP contribution in [0.4, 0.5) is 45.5 Å². The Morgan fingerprint density at radius 3 is 2.09 bits per heavy atom. The second-order valence-corrected chi connectivity index (χ2v) is 7.39. The molecular formula is C20H12F9N3O2. The lowest BCUT2D eigenvalue weighted by atomic mass is 9.99. The summed E-state index contributed by atoms with van der Waals surface area (Å²) in [7, 11) is 0. The zero-order valence-electron chi connectivity index (χ0n) is 16.5. The normalized spacial score (nSPS) is 23.2. The van der Waals surface area contributed by atoms with Gasteiger partial charge in [-0.2, -0.15) is 39.5 Å². The second kappa shape index (κ2) is 7.35. The Morgan fingerprint density at radius 2 is 1.50 bits per heavy atom. The third-order valence-corrected chi connectivity index (χ3v) is 5.18. The molecule has 1 fully saturated rings. The molecule has 3 aromatic rings. The number of ether oxygens (including phenoxy) is 1. The minimum atomic E-state index is -6.77. The summed E-state index contributed by atoms with van der Waals surface area (Å²) in [5.74, 6) is -29.7. The molecule has 5 nitrogen and oxygen atoms in total. The van der Waals surface area contributed by atoms with Crippen LogP contribution in [0.5, 0.6) is 0 Å². The maximum absolute atomic E-state index is 14.5. The highest BCUT2D eigenvalue weighted by Crippen LogP contribution is 2.64. The van der Waals surface area contributed by atoms with E-state index in [1.807, 2.05) is 0 Å². The number of nitrogens with one attached hydrogen (secondary N) is 1.